The number of rotatable bonds is 2. The summed E-state index contributed by atoms with van der Waals surface area (Å²) in [7, 11) is 1.37. The van der Waals surface area contributed by atoms with Crippen LogP contribution in [0.3, 0.4) is 0 Å². The van der Waals surface area contributed by atoms with Gasteiger partial charge in [-0.15, -0.1) is 0 Å². The van der Waals surface area contributed by atoms with Crippen LogP contribution in [0.25, 0.3) is 0 Å². The molecule has 2 N–H and O–H groups in total. The second kappa shape index (κ2) is 5.58. The standard InChI is InChI=1S/C12H19N3O2S2/c1-12(2)4-5-15(6-7-18-12)10-8(11(16)17-3)9(13)14-19-10/h4-7H2,1-3H3,(H2,13,14). The van der Waals surface area contributed by atoms with E-state index in [9.17, 15) is 4.79 Å². The number of carbonyl (C=O) groups excluding carboxylic acids is 1. The molecule has 0 unspecified atom stereocenters. The van der Waals surface area contributed by atoms with Gasteiger partial charge in [0.15, 0.2) is 5.82 Å². The molecule has 0 saturated carbocycles. The Labute approximate surface area is 121 Å². The van der Waals surface area contributed by atoms with Crippen LogP contribution in [0.2, 0.25) is 0 Å². The molecule has 0 radical (unpaired) electrons. The maximum atomic E-state index is 11.8. The molecule has 1 aliphatic heterocycles. The first-order valence-electron chi connectivity index (χ1n) is 6.17. The number of nitrogen functional groups attached to an aromatic ring is 1. The number of nitrogens with two attached hydrogens (primary N) is 1. The SMILES string of the molecule is COC(=O)c1c(N)nsc1N1CCSC(C)(C)CC1. The maximum absolute atomic E-state index is 11.8. The van der Waals surface area contributed by atoms with Gasteiger partial charge in [-0.2, -0.15) is 16.1 Å². The van der Waals surface area contributed by atoms with E-state index < -0.39 is 5.97 Å². The van der Waals surface area contributed by atoms with Crippen LogP contribution in [0.15, 0.2) is 0 Å². The highest BCUT2D eigenvalue weighted by Crippen LogP contribution is 2.36. The topological polar surface area (TPSA) is 68.5 Å². The van der Waals surface area contributed by atoms with Crippen molar-refractivity contribution in [3.63, 3.8) is 0 Å². The van der Waals surface area contributed by atoms with Gasteiger partial charge in [0.25, 0.3) is 0 Å². The lowest BCUT2D eigenvalue weighted by atomic mass is 10.1. The van der Waals surface area contributed by atoms with Crippen molar-refractivity contribution in [3.8, 4) is 0 Å². The van der Waals surface area contributed by atoms with E-state index in [2.05, 4.69) is 23.1 Å². The van der Waals surface area contributed by atoms with Crippen molar-refractivity contribution in [2.75, 3.05) is 36.6 Å². The van der Waals surface area contributed by atoms with Gasteiger partial charge >= 0.3 is 5.97 Å². The number of ether oxygens (including phenoxy) is 1. The molecule has 2 rings (SSSR count). The predicted octanol–water partition coefficient (Wildman–Crippen LogP) is 2.23. The molecule has 1 fully saturated rings. The lowest BCUT2D eigenvalue weighted by Gasteiger charge is -2.23. The molecular formula is C12H19N3O2S2. The number of thioether (sulfide) groups is 1. The number of aromatic nitrogens is 1. The fraction of sp³-hybridized carbons (Fsp3) is 0.667. The van der Waals surface area contributed by atoms with Crippen molar-refractivity contribution in [1.29, 1.82) is 0 Å². The molecule has 19 heavy (non-hydrogen) atoms. The third kappa shape index (κ3) is 3.14. The zero-order chi connectivity index (χ0) is 14.0. The van der Waals surface area contributed by atoms with Crippen molar-refractivity contribution in [2.24, 2.45) is 0 Å². The van der Waals surface area contributed by atoms with Gasteiger partial charge in [0.2, 0.25) is 0 Å². The highest BCUT2D eigenvalue weighted by Gasteiger charge is 2.28. The van der Waals surface area contributed by atoms with Crippen LogP contribution >= 0.6 is 23.3 Å². The Morgan fingerprint density at radius 1 is 1.47 bits per heavy atom. The normalized spacial score (nSPS) is 19.0. The summed E-state index contributed by atoms with van der Waals surface area (Å²) in [6, 6.07) is 0. The first-order valence-corrected chi connectivity index (χ1v) is 7.93. The Balaban J connectivity index is 2.25. The lowest BCUT2D eigenvalue weighted by molar-refractivity contribution is 0.0603. The molecule has 7 heteroatoms. The fourth-order valence-corrected chi connectivity index (χ4v) is 3.98. The molecule has 2 heterocycles. The molecule has 106 valence electrons. The Bertz CT molecular complexity index is 474. The number of hydrogen-bond donors (Lipinski definition) is 1. The smallest absolute Gasteiger partial charge is 0.344 e. The summed E-state index contributed by atoms with van der Waals surface area (Å²) in [5, 5.41) is 0.836. The monoisotopic (exact) mass is 301 g/mol. The van der Waals surface area contributed by atoms with Crippen molar-refractivity contribution in [1.82, 2.24) is 4.37 Å². The maximum Gasteiger partial charge on any atom is 0.344 e. The number of nitrogens with zero attached hydrogens (tertiary/aromatic N) is 2. The van der Waals surface area contributed by atoms with Crippen LogP contribution in [0, 0.1) is 0 Å². The van der Waals surface area contributed by atoms with E-state index in [-0.39, 0.29) is 10.6 Å². The van der Waals surface area contributed by atoms with Crippen LogP contribution in [0.1, 0.15) is 30.6 Å². The molecule has 0 spiro atoms. The zero-order valence-corrected chi connectivity index (χ0v) is 13.1. The van der Waals surface area contributed by atoms with Gasteiger partial charge in [0, 0.05) is 23.6 Å². The van der Waals surface area contributed by atoms with Gasteiger partial charge < -0.3 is 15.4 Å². The van der Waals surface area contributed by atoms with Gasteiger partial charge in [-0.05, 0) is 18.0 Å². The second-order valence-corrected chi connectivity index (χ2v) is 7.64. The number of esters is 1. The highest BCUT2D eigenvalue weighted by molar-refractivity contribution is 8.00. The number of methoxy groups -OCH3 is 1. The van der Waals surface area contributed by atoms with Crippen LogP contribution in [0.5, 0.6) is 0 Å². The first kappa shape index (κ1) is 14.5. The second-order valence-electron chi connectivity index (χ2n) is 5.08. The highest BCUT2D eigenvalue weighted by atomic mass is 32.2. The number of carbonyl (C=O) groups is 1. The summed E-state index contributed by atoms with van der Waals surface area (Å²) >= 11 is 3.24. The minimum absolute atomic E-state index is 0.267. The molecule has 0 atom stereocenters. The Hall–Kier alpha value is -0.950. The average Bonchev–Trinajstić information content (AvgIpc) is 2.64. The fourth-order valence-electron chi connectivity index (χ4n) is 2.03. The molecule has 0 amide bonds. The summed E-state index contributed by atoms with van der Waals surface area (Å²) in [6.07, 6.45) is 1.07. The van der Waals surface area contributed by atoms with E-state index in [0.717, 1.165) is 30.3 Å². The van der Waals surface area contributed by atoms with Crippen molar-refractivity contribution in [3.05, 3.63) is 5.56 Å². The van der Waals surface area contributed by atoms with Gasteiger partial charge in [-0.1, -0.05) is 13.8 Å². The van der Waals surface area contributed by atoms with Crippen molar-refractivity contribution >= 4 is 40.1 Å². The van der Waals surface area contributed by atoms with Gasteiger partial charge in [-0.25, -0.2) is 4.79 Å². The van der Waals surface area contributed by atoms with Crippen molar-refractivity contribution in [2.45, 2.75) is 25.0 Å². The molecule has 0 aromatic carbocycles. The van der Waals surface area contributed by atoms with E-state index in [0.29, 0.717) is 5.56 Å². The predicted molar refractivity (Wildman–Crippen MR) is 81.2 cm³/mol. The van der Waals surface area contributed by atoms with Crippen LogP contribution in [-0.4, -0.2) is 41.0 Å². The minimum atomic E-state index is -0.405. The Morgan fingerprint density at radius 2 is 2.21 bits per heavy atom. The summed E-state index contributed by atoms with van der Waals surface area (Å²) in [5.74, 6) is 0.895. The third-order valence-corrected chi connectivity index (χ3v) is 5.51. The van der Waals surface area contributed by atoms with E-state index in [4.69, 9.17) is 10.5 Å². The van der Waals surface area contributed by atoms with Crippen LogP contribution < -0.4 is 10.6 Å². The molecule has 1 saturated heterocycles. The lowest BCUT2D eigenvalue weighted by Crippen LogP contribution is -2.27. The van der Waals surface area contributed by atoms with Gasteiger partial charge in [0.05, 0.1) is 7.11 Å². The Morgan fingerprint density at radius 3 is 2.89 bits per heavy atom. The van der Waals surface area contributed by atoms with Crippen LogP contribution in [-0.2, 0) is 4.74 Å². The molecule has 0 bridgehead atoms. The van der Waals surface area contributed by atoms with E-state index in [1.165, 1.54) is 18.6 Å². The summed E-state index contributed by atoms with van der Waals surface area (Å²) in [4.78, 5) is 14.0. The van der Waals surface area contributed by atoms with Crippen LogP contribution in [0.4, 0.5) is 10.8 Å². The van der Waals surface area contributed by atoms with E-state index in [1.807, 2.05) is 11.8 Å². The van der Waals surface area contributed by atoms with E-state index >= 15 is 0 Å². The quantitative estimate of drug-likeness (QED) is 0.845. The molecule has 5 nitrogen and oxygen atoms in total. The van der Waals surface area contributed by atoms with E-state index in [1.54, 1.807) is 0 Å². The molecule has 1 aliphatic rings. The van der Waals surface area contributed by atoms with Gasteiger partial charge in [-0.3, -0.25) is 0 Å². The minimum Gasteiger partial charge on any atom is -0.465 e. The average molecular weight is 301 g/mol. The molecular weight excluding hydrogens is 282 g/mol. The third-order valence-electron chi connectivity index (χ3n) is 3.21. The molecule has 0 aliphatic carbocycles. The largest absolute Gasteiger partial charge is 0.465 e. The first-order chi connectivity index (χ1) is 8.94. The number of hydrogen-bond acceptors (Lipinski definition) is 7. The summed E-state index contributed by atoms with van der Waals surface area (Å²) in [5.41, 5.74) is 6.20. The van der Waals surface area contributed by atoms with Gasteiger partial charge in [0.1, 0.15) is 10.6 Å². The van der Waals surface area contributed by atoms with Crippen molar-refractivity contribution < 1.29 is 9.53 Å². The summed E-state index contributed by atoms with van der Waals surface area (Å²) in [6.45, 7) is 6.32. The molecule has 1 aromatic rings. The zero-order valence-electron chi connectivity index (χ0n) is 11.4. The Kier molecular flexibility index (Phi) is 4.25. The number of anilines is 2. The molecule has 1 aromatic heterocycles. The summed E-state index contributed by atoms with van der Waals surface area (Å²) < 4.78 is 9.17.